The Kier molecular flexibility index (Phi) is 6.33. The number of aliphatic hydroxyl groups excluding tert-OH is 1. The smallest absolute Gasteiger partial charge is 0.261 e. The molecule has 1 fully saturated rings. The van der Waals surface area contributed by atoms with E-state index in [0.717, 1.165) is 17.0 Å². The van der Waals surface area contributed by atoms with Gasteiger partial charge in [0.1, 0.15) is 17.2 Å². The van der Waals surface area contributed by atoms with Gasteiger partial charge < -0.3 is 15.3 Å². The zero-order valence-electron chi connectivity index (χ0n) is 18.4. The van der Waals surface area contributed by atoms with Crippen LogP contribution >= 0.6 is 23.2 Å². The number of nitrogens with zero attached hydrogens (tertiary/aromatic N) is 4. The molecule has 0 bridgehead atoms. The number of rotatable bonds is 4. The number of nitrogens with one attached hydrogen (secondary N) is 1. The van der Waals surface area contributed by atoms with Gasteiger partial charge in [-0.2, -0.15) is 0 Å². The first-order valence-electron chi connectivity index (χ1n) is 10.8. The number of fused-ring (bicyclic) bond motifs is 1. The topological polar surface area (TPSA) is 100 Å². The minimum Gasteiger partial charge on any atom is -0.391 e. The summed E-state index contributed by atoms with van der Waals surface area (Å²) in [7, 11) is 0. The van der Waals surface area contributed by atoms with Crippen molar-refractivity contribution in [1.29, 1.82) is 0 Å². The lowest BCUT2D eigenvalue weighted by atomic mass is 10.1. The molecule has 184 valence electrons. The van der Waals surface area contributed by atoms with Gasteiger partial charge >= 0.3 is 0 Å². The van der Waals surface area contributed by atoms with Crippen molar-refractivity contribution in [2.75, 3.05) is 23.3 Å². The summed E-state index contributed by atoms with van der Waals surface area (Å²) in [6.45, 7) is 0.872. The van der Waals surface area contributed by atoms with E-state index in [-0.39, 0.29) is 38.1 Å². The highest BCUT2D eigenvalue weighted by Gasteiger charge is 2.24. The number of carbonyl (C=O) groups excluding carboxylic acids is 1. The van der Waals surface area contributed by atoms with E-state index < -0.39 is 29.1 Å². The predicted molar refractivity (Wildman–Crippen MR) is 132 cm³/mol. The van der Waals surface area contributed by atoms with Crippen LogP contribution in [0.1, 0.15) is 16.8 Å². The molecule has 5 rings (SSSR count). The van der Waals surface area contributed by atoms with E-state index >= 15 is 0 Å². The van der Waals surface area contributed by atoms with Crippen LogP contribution in [-0.2, 0) is 0 Å². The maximum Gasteiger partial charge on any atom is 0.261 e. The first-order valence-corrected chi connectivity index (χ1v) is 11.5. The number of β-amino-alcohol motifs (C(OH)–C–C–N with tert-alkyl or cyclic N) is 1. The molecule has 1 aliphatic rings. The van der Waals surface area contributed by atoms with E-state index in [4.69, 9.17) is 23.2 Å². The zero-order valence-corrected chi connectivity index (χ0v) is 19.9. The minimum absolute atomic E-state index is 0.00178. The van der Waals surface area contributed by atoms with Gasteiger partial charge in [0, 0.05) is 25.4 Å². The first kappa shape index (κ1) is 24.1. The maximum absolute atomic E-state index is 14.8. The summed E-state index contributed by atoms with van der Waals surface area (Å²) in [4.78, 5) is 36.6. The Balaban J connectivity index is 1.69. The molecule has 1 aromatic carbocycles. The Labute approximate surface area is 212 Å². The third-order valence-electron chi connectivity index (χ3n) is 5.79. The van der Waals surface area contributed by atoms with Gasteiger partial charge in [0.15, 0.2) is 17.3 Å². The third kappa shape index (κ3) is 4.39. The molecule has 8 nitrogen and oxygen atoms in total. The lowest BCUT2D eigenvalue weighted by molar-refractivity contribution is 0.102. The normalized spacial score (nSPS) is 15.5. The van der Waals surface area contributed by atoms with Crippen LogP contribution in [0.2, 0.25) is 10.0 Å². The Morgan fingerprint density at radius 1 is 1.17 bits per heavy atom. The molecule has 1 atom stereocenters. The molecule has 36 heavy (non-hydrogen) atoms. The van der Waals surface area contributed by atoms with Gasteiger partial charge in [-0.25, -0.2) is 18.7 Å². The Bertz CT molecular complexity index is 1560. The molecule has 2 N–H and O–H groups in total. The number of pyridine rings is 3. The average Bonchev–Trinajstić information content (AvgIpc) is 3.28. The number of benzene rings is 1. The molecule has 1 saturated heterocycles. The SMILES string of the molecule is O=C(Nc1c(Cl)cccc1Cl)c1cn(-c2ncc(F)cc2F)c2nc(N3CCC(O)C3)ccc2c1=O. The molecule has 4 heterocycles. The van der Waals surface area contributed by atoms with Crippen LogP contribution in [0.4, 0.5) is 20.3 Å². The molecule has 0 spiro atoms. The number of halogens is 4. The van der Waals surface area contributed by atoms with Crippen molar-refractivity contribution < 1.29 is 18.7 Å². The third-order valence-corrected chi connectivity index (χ3v) is 6.42. The summed E-state index contributed by atoms with van der Waals surface area (Å²) in [6, 6.07) is 8.29. The molecule has 0 aliphatic carbocycles. The Morgan fingerprint density at radius 2 is 1.92 bits per heavy atom. The van der Waals surface area contributed by atoms with Crippen LogP contribution in [0.15, 0.2) is 53.6 Å². The van der Waals surface area contributed by atoms with Crippen LogP contribution < -0.4 is 15.6 Å². The highest BCUT2D eigenvalue weighted by atomic mass is 35.5. The van der Waals surface area contributed by atoms with E-state index in [1.54, 1.807) is 12.1 Å². The number of hydrogen-bond donors (Lipinski definition) is 2. The molecule has 0 radical (unpaired) electrons. The van der Waals surface area contributed by atoms with E-state index in [0.29, 0.717) is 31.4 Å². The molecule has 1 aliphatic heterocycles. The fourth-order valence-electron chi connectivity index (χ4n) is 4.03. The van der Waals surface area contributed by atoms with Crippen molar-refractivity contribution >= 4 is 51.6 Å². The number of carbonyl (C=O) groups is 1. The molecule has 12 heteroatoms. The summed E-state index contributed by atoms with van der Waals surface area (Å²) in [5.41, 5.74) is -0.937. The van der Waals surface area contributed by atoms with Gasteiger partial charge in [-0.3, -0.25) is 14.2 Å². The van der Waals surface area contributed by atoms with E-state index in [9.17, 15) is 23.5 Å². The van der Waals surface area contributed by atoms with Gasteiger partial charge in [0.2, 0.25) is 5.43 Å². The highest BCUT2D eigenvalue weighted by molar-refractivity contribution is 6.40. The van der Waals surface area contributed by atoms with Gasteiger partial charge in [-0.1, -0.05) is 29.3 Å². The maximum atomic E-state index is 14.8. The number of anilines is 2. The number of aliphatic hydroxyl groups is 1. The number of para-hydroxylation sites is 1. The van der Waals surface area contributed by atoms with Crippen molar-refractivity contribution in [3.63, 3.8) is 0 Å². The second-order valence-corrected chi connectivity index (χ2v) is 9.00. The van der Waals surface area contributed by atoms with E-state index in [1.165, 1.54) is 18.2 Å². The summed E-state index contributed by atoms with van der Waals surface area (Å²) in [5.74, 6) is -2.69. The lowest BCUT2D eigenvalue weighted by Crippen LogP contribution is -2.26. The molecular formula is C24H17Cl2F2N5O3. The number of amides is 1. The van der Waals surface area contributed by atoms with Crippen molar-refractivity contribution in [3.8, 4) is 5.82 Å². The van der Waals surface area contributed by atoms with Crippen LogP contribution in [-0.4, -0.2) is 44.7 Å². The summed E-state index contributed by atoms with van der Waals surface area (Å²) < 4.78 is 29.5. The van der Waals surface area contributed by atoms with Crippen molar-refractivity contribution in [1.82, 2.24) is 14.5 Å². The molecule has 1 amide bonds. The highest BCUT2D eigenvalue weighted by Crippen LogP contribution is 2.30. The molecule has 1 unspecified atom stereocenters. The van der Waals surface area contributed by atoms with Gasteiger partial charge in [-0.05, 0) is 30.7 Å². The lowest BCUT2D eigenvalue weighted by Gasteiger charge is -2.19. The standard InChI is InChI=1S/C24H17Cl2F2N5O3/c25-16-2-1-3-17(26)20(16)31-24(36)15-11-33(23-18(28)8-12(27)9-29-23)22-14(21(15)35)4-5-19(30-22)32-7-6-13(34)10-32/h1-5,8-9,11,13,34H,6-7,10H2,(H,31,36). The van der Waals surface area contributed by atoms with Gasteiger partial charge in [0.25, 0.3) is 5.91 Å². The van der Waals surface area contributed by atoms with Crippen LogP contribution in [0.5, 0.6) is 0 Å². The second-order valence-electron chi connectivity index (χ2n) is 8.18. The van der Waals surface area contributed by atoms with E-state index in [1.807, 2.05) is 4.90 Å². The van der Waals surface area contributed by atoms with Crippen molar-refractivity contribution in [2.24, 2.45) is 0 Å². The number of aromatic nitrogens is 3. The largest absolute Gasteiger partial charge is 0.391 e. The van der Waals surface area contributed by atoms with Crippen molar-refractivity contribution in [3.05, 3.63) is 86.3 Å². The molecule has 0 saturated carbocycles. The monoisotopic (exact) mass is 531 g/mol. The molecular weight excluding hydrogens is 515 g/mol. The molecule has 4 aromatic rings. The fraction of sp³-hybridized carbons (Fsp3) is 0.167. The predicted octanol–water partition coefficient (Wildman–Crippen LogP) is 4.19. The second kappa shape index (κ2) is 9.45. The van der Waals surface area contributed by atoms with E-state index in [2.05, 4.69) is 15.3 Å². The van der Waals surface area contributed by atoms with Crippen molar-refractivity contribution in [2.45, 2.75) is 12.5 Å². The summed E-state index contributed by atoms with van der Waals surface area (Å²) in [6.07, 6.45) is 1.92. The minimum atomic E-state index is -1.02. The molecule has 3 aromatic heterocycles. The van der Waals surface area contributed by atoms with Gasteiger partial charge in [-0.15, -0.1) is 0 Å². The van der Waals surface area contributed by atoms with Gasteiger partial charge in [0.05, 0.1) is 33.4 Å². The Morgan fingerprint density at radius 3 is 2.58 bits per heavy atom. The fourth-order valence-corrected chi connectivity index (χ4v) is 4.52. The summed E-state index contributed by atoms with van der Waals surface area (Å²) in [5, 5.41) is 12.7. The van der Waals surface area contributed by atoms with Crippen LogP contribution in [0.3, 0.4) is 0 Å². The van der Waals surface area contributed by atoms with Crippen LogP contribution in [0.25, 0.3) is 16.9 Å². The quantitative estimate of drug-likeness (QED) is 0.409. The van der Waals surface area contributed by atoms with Crippen LogP contribution in [0, 0.1) is 11.6 Å². The zero-order chi connectivity index (χ0) is 25.6. The Hall–Kier alpha value is -3.60. The summed E-state index contributed by atoms with van der Waals surface area (Å²) >= 11 is 12.3. The average molecular weight is 532 g/mol. The number of hydrogen-bond acceptors (Lipinski definition) is 6. The first-order chi connectivity index (χ1) is 17.2.